The number of aliphatic carboxylic acids is 2. The Hall–Kier alpha value is -3.02. The third kappa shape index (κ3) is 3.32. The SMILES string of the molecule is O=C(O)[C@@H]1Cc2ccccc2N1.O=C(O)[C@@H]1Cc2ccccc2N1. The molecular formula is C18H18N2O4. The maximum Gasteiger partial charge on any atom is 0.326 e. The van der Waals surface area contributed by atoms with E-state index in [0.717, 1.165) is 22.5 Å². The summed E-state index contributed by atoms with van der Waals surface area (Å²) in [5, 5.41) is 23.3. The molecule has 124 valence electrons. The van der Waals surface area contributed by atoms with Crippen LogP contribution in [0.25, 0.3) is 0 Å². The highest BCUT2D eigenvalue weighted by atomic mass is 16.4. The Kier molecular flexibility index (Phi) is 4.37. The molecule has 2 aliphatic heterocycles. The number of benzene rings is 2. The lowest BCUT2D eigenvalue weighted by Crippen LogP contribution is -2.26. The number of para-hydroxylation sites is 2. The molecule has 0 saturated carbocycles. The van der Waals surface area contributed by atoms with Crippen molar-refractivity contribution in [2.24, 2.45) is 0 Å². The molecule has 2 aromatic carbocycles. The molecule has 0 aliphatic carbocycles. The normalized spacial score (nSPS) is 19.8. The van der Waals surface area contributed by atoms with E-state index in [1.807, 2.05) is 48.5 Å². The van der Waals surface area contributed by atoms with E-state index in [9.17, 15) is 9.59 Å². The van der Waals surface area contributed by atoms with Crippen molar-refractivity contribution in [2.45, 2.75) is 24.9 Å². The summed E-state index contributed by atoms with van der Waals surface area (Å²) in [4.78, 5) is 21.2. The zero-order chi connectivity index (χ0) is 17.1. The first-order valence-corrected chi connectivity index (χ1v) is 7.69. The van der Waals surface area contributed by atoms with E-state index in [-0.39, 0.29) is 0 Å². The number of hydrogen-bond donors (Lipinski definition) is 4. The third-order valence-electron chi connectivity index (χ3n) is 4.14. The minimum absolute atomic E-state index is 0.442. The van der Waals surface area contributed by atoms with Gasteiger partial charge in [-0.1, -0.05) is 36.4 Å². The van der Waals surface area contributed by atoms with Crippen LogP contribution in [0.15, 0.2) is 48.5 Å². The second kappa shape index (κ2) is 6.62. The molecule has 0 bridgehead atoms. The van der Waals surface area contributed by atoms with Crippen LogP contribution >= 0.6 is 0 Å². The number of fused-ring (bicyclic) bond motifs is 2. The van der Waals surface area contributed by atoms with Gasteiger partial charge in [-0.05, 0) is 23.3 Å². The number of hydrogen-bond acceptors (Lipinski definition) is 4. The quantitative estimate of drug-likeness (QED) is 0.675. The molecule has 2 aromatic rings. The van der Waals surface area contributed by atoms with Crippen molar-refractivity contribution >= 4 is 23.3 Å². The van der Waals surface area contributed by atoms with Gasteiger partial charge in [-0.15, -0.1) is 0 Å². The molecule has 2 heterocycles. The van der Waals surface area contributed by atoms with E-state index in [1.54, 1.807) is 0 Å². The minimum atomic E-state index is -0.786. The predicted molar refractivity (Wildman–Crippen MR) is 90.4 cm³/mol. The fourth-order valence-corrected chi connectivity index (χ4v) is 2.89. The molecule has 0 aromatic heterocycles. The summed E-state index contributed by atoms with van der Waals surface area (Å²) in [6, 6.07) is 14.5. The maximum atomic E-state index is 10.6. The molecule has 24 heavy (non-hydrogen) atoms. The predicted octanol–water partition coefficient (Wildman–Crippen LogP) is 2.22. The Morgan fingerprint density at radius 1 is 0.750 bits per heavy atom. The molecule has 0 spiro atoms. The summed E-state index contributed by atoms with van der Waals surface area (Å²) in [5.74, 6) is -1.57. The lowest BCUT2D eigenvalue weighted by atomic mass is 10.1. The number of anilines is 2. The molecule has 0 amide bonds. The molecule has 0 unspecified atom stereocenters. The first-order chi connectivity index (χ1) is 11.5. The summed E-state index contributed by atoms with van der Waals surface area (Å²) in [6.45, 7) is 0. The molecular weight excluding hydrogens is 308 g/mol. The van der Waals surface area contributed by atoms with E-state index in [4.69, 9.17) is 10.2 Å². The van der Waals surface area contributed by atoms with E-state index in [0.29, 0.717) is 12.8 Å². The Morgan fingerprint density at radius 3 is 1.46 bits per heavy atom. The molecule has 6 heteroatoms. The van der Waals surface area contributed by atoms with Crippen LogP contribution in [0.3, 0.4) is 0 Å². The minimum Gasteiger partial charge on any atom is -0.480 e. The Morgan fingerprint density at radius 2 is 1.12 bits per heavy atom. The van der Waals surface area contributed by atoms with Gasteiger partial charge in [-0.3, -0.25) is 0 Å². The van der Waals surface area contributed by atoms with Crippen molar-refractivity contribution in [2.75, 3.05) is 10.6 Å². The zero-order valence-electron chi connectivity index (χ0n) is 12.9. The zero-order valence-corrected chi connectivity index (χ0v) is 12.9. The highest BCUT2D eigenvalue weighted by Gasteiger charge is 2.26. The van der Waals surface area contributed by atoms with Gasteiger partial charge in [0, 0.05) is 24.2 Å². The average molecular weight is 326 g/mol. The van der Waals surface area contributed by atoms with E-state index < -0.39 is 24.0 Å². The maximum absolute atomic E-state index is 10.6. The molecule has 6 nitrogen and oxygen atoms in total. The molecule has 4 rings (SSSR count). The van der Waals surface area contributed by atoms with Crippen molar-refractivity contribution < 1.29 is 19.8 Å². The van der Waals surface area contributed by atoms with Gasteiger partial charge in [0.1, 0.15) is 12.1 Å². The second-order valence-corrected chi connectivity index (χ2v) is 5.79. The Bertz CT molecular complexity index is 660. The fourth-order valence-electron chi connectivity index (χ4n) is 2.89. The lowest BCUT2D eigenvalue weighted by Gasteiger charge is -2.02. The Labute approximate surface area is 139 Å². The monoisotopic (exact) mass is 326 g/mol. The molecule has 0 radical (unpaired) electrons. The Balaban J connectivity index is 0.000000141. The topological polar surface area (TPSA) is 98.7 Å². The largest absolute Gasteiger partial charge is 0.480 e. The van der Waals surface area contributed by atoms with Crippen molar-refractivity contribution in [3.63, 3.8) is 0 Å². The highest BCUT2D eigenvalue weighted by molar-refractivity contribution is 5.81. The van der Waals surface area contributed by atoms with E-state index in [2.05, 4.69) is 10.6 Å². The van der Waals surface area contributed by atoms with Crippen LogP contribution in [0.1, 0.15) is 11.1 Å². The summed E-state index contributed by atoms with van der Waals surface area (Å²) < 4.78 is 0. The van der Waals surface area contributed by atoms with Crippen molar-refractivity contribution in [1.29, 1.82) is 0 Å². The van der Waals surface area contributed by atoms with Crippen LogP contribution in [0, 0.1) is 0 Å². The number of carbonyl (C=O) groups is 2. The molecule has 0 fully saturated rings. The van der Waals surface area contributed by atoms with Crippen molar-refractivity contribution in [1.82, 2.24) is 0 Å². The molecule has 4 N–H and O–H groups in total. The summed E-state index contributed by atoms with van der Waals surface area (Å²) in [6.07, 6.45) is 1.18. The summed E-state index contributed by atoms with van der Waals surface area (Å²) in [5.41, 5.74) is 4.07. The van der Waals surface area contributed by atoms with Crippen LogP contribution in [0.2, 0.25) is 0 Å². The van der Waals surface area contributed by atoms with Crippen molar-refractivity contribution in [3.05, 3.63) is 59.7 Å². The van der Waals surface area contributed by atoms with Gasteiger partial charge in [-0.2, -0.15) is 0 Å². The van der Waals surface area contributed by atoms with Gasteiger partial charge in [0.2, 0.25) is 0 Å². The molecule has 2 aliphatic rings. The van der Waals surface area contributed by atoms with Crippen LogP contribution < -0.4 is 10.6 Å². The van der Waals surface area contributed by atoms with Crippen LogP contribution in [0.4, 0.5) is 11.4 Å². The first kappa shape index (κ1) is 15.9. The van der Waals surface area contributed by atoms with Gasteiger partial charge in [0.15, 0.2) is 0 Å². The standard InChI is InChI=1S/2C9H9NO2/c2*11-9(12)8-5-6-3-1-2-4-7(6)10-8/h2*1-4,8,10H,5H2,(H,11,12)/t2*8-/m00/s1. The molecule has 0 saturated heterocycles. The van der Waals surface area contributed by atoms with Gasteiger partial charge in [0.05, 0.1) is 0 Å². The number of rotatable bonds is 2. The second-order valence-electron chi connectivity index (χ2n) is 5.79. The van der Waals surface area contributed by atoms with Gasteiger partial charge in [0.25, 0.3) is 0 Å². The van der Waals surface area contributed by atoms with Crippen LogP contribution in [-0.4, -0.2) is 34.2 Å². The highest BCUT2D eigenvalue weighted by Crippen LogP contribution is 2.25. The van der Waals surface area contributed by atoms with E-state index >= 15 is 0 Å². The fraction of sp³-hybridized carbons (Fsp3) is 0.222. The number of carboxylic acids is 2. The first-order valence-electron chi connectivity index (χ1n) is 7.69. The van der Waals surface area contributed by atoms with E-state index in [1.165, 1.54) is 0 Å². The number of carboxylic acid groups (broad SMARTS) is 2. The van der Waals surface area contributed by atoms with Gasteiger partial charge < -0.3 is 20.8 Å². The number of nitrogens with one attached hydrogen (secondary N) is 2. The van der Waals surface area contributed by atoms with Crippen LogP contribution in [0.5, 0.6) is 0 Å². The van der Waals surface area contributed by atoms with Gasteiger partial charge >= 0.3 is 11.9 Å². The van der Waals surface area contributed by atoms with Crippen LogP contribution in [-0.2, 0) is 22.4 Å². The summed E-state index contributed by atoms with van der Waals surface area (Å²) in [7, 11) is 0. The lowest BCUT2D eigenvalue weighted by molar-refractivity contribution is -0.138. The third-order valence-corrected chi connectivity index (χ3v) is 4.14. The smallest absolute Gasteiger partial charge is 0.326 e. The summed E-state index contributed by atoms with van der Waals surface area (Å²) >= 11 is 0. The van der Waals surface area contributed by atoms with Crippen molar-refractivity contribution in [3.8, 4) is 0 Å². The molecule has 2 atom stereocenters. The average Bonchev–Trinajstić information content (AvgIpc) is 3.19. The van der Waals surface area contributed by atoms with Gasteiger partial charge in [-0.25, -0.2) is 9.59 Å².